The van der Waals surface area contributed by atoms with E-state index in [1.54, 1.807) is 13.8 Å². The van der Waals surface area contributed by atoms with Crippen molar-refractivity contribution in [3.05, 3.63) is 41.1 Å². The third-order valence-electron chi connectivity index (χ3n) is 3.42. The van der Waals surface area contributed by atoms with Crippen LogP contribution in [0.4, 0.5) is 0 Å². The zero-order valence-electron chi connectivity index (χ0n) is 14.8. The minimum atomic E-state index is -0.392. The van der Waals surface area contributed by atoms with E-state index in [1.807, 2.05) is 31.2 Å². The second-order valence-electron chi connectivity index (χ2n) is 5.32. The predicted molar refractivity (Wildman–Crippen MR) is 98.5 cm³/mol. The Kier molecular flexibility index (Phi) is 6.64. The van der Waals surface area contributed by atoms with Crippen LogP contribution in [-0.2, 0) is 14.3 Å². The average Bonchev–Trinajstić information content (AvgIpc) is 2.55. The first-order valence-corrected chi connectivity index (χ1v) is 8.97. The number of hydrogen-bond donors (Lipinski definition) is 1. The number of ether oxygens (including phenoxy) is 2. The Hall–Kier alpha value is -2.28. The lowest BCUT2D eigenvalue weighted by Crippen LogP contribution is -2.30. The van der Waals surface area contributed by atoms with Gasteiger partial charge in [0.2, 0.25) is 5.91 Å². The molecule has 0 aliphatic carbocycles. The summed E-state index contributed by atoms with van der Waals surface area (Å²) < 4.78 is 10.7. The van der Waals surface area contributed by atoms with Crippen molar-refractivity contribution < 1.29 is 19.1 Å². The first kappa shape index (κ1) is 19.1. The van der Waals surface area contributed by atoms with E-state index in [9.17, 15) is 9.59 Å². The summed E-state index contributed by atoms with van der Waals surface area (Å²) in [5.74, 6) is 0.169. The van der Waals surface area contributed by atoms with Crippen LogP contribution in [0, 0.1) is 0 Å². The SMILES string of the molecule is CCOC(=O)C1=C(C)N=C(NC(C)=O)SC1c1ccc(OCC)cc1. The highest BCUT2D eigenvalue weighted by Crippen LogP contribution is 2.42. The van der Waals surface area contributed by atoms with E-state index < -0.39 is 5.97 Å². The molecule has 0 radical (unpaired) electrons. The van der Waals surface area contributed by atoms with Crippen LogP contribution in [0.1, 0.15) is 38.5 Å². The summed E-state index contributed by atoms with van der Waals surface area (Å²) in [6, 6.07) is 7.54. The minimum absolute atomic E-state index is 0.205. The molecule has 1 aromatic carbocycles. The van der Waals surface area contributed by atoms with Gasteiger partial charge in [0.25, 0.3) is 0 Å². The molecule has 0 bridgehead atoms. The number of amidine groups is 1. The van der Waals surface area contributed by atoms with Gasteiger partial charge >= 0.3 is 5.97 Å². The molecule has 0 spiro atoms. The van der Waals surface area contributed by atoms with Gasteiger partial charge in [0.15, 0.2) is 5.17 Å². The summed E-state index contributed by atoms with van der Waals surface area (Å²) in [6.45, 7) is 7.74. The minimum Gasteiger partial charge on any atom is -0.494 e. The fraction of sp³-hybridized carbons (Fsp3) is 0.389. The summed E-state index contributed by atoms with van der Waals surface area (Å²) in [6.07, 6.45) is 0. The number of rotatable bonds is 5. The van der Waals surface area contributed by atoms with Crippen LogP contribution >= 0.6 is 11.8 Å². The number of thioether (sulfide) groups is 1. The first-order valence-electron chi connectivity index (χ1n) is 8.09. The van der Waals surface area contributed by atoms with E-state index in [0.29, 0.717) is 29.7 Å². The molecule has 25 heavy (non-hydrogen) atoms. The molecule has 2 rings (SSSR count). The summed E-state index contributed by atoms with van der Waals surface area (Å²) in [7, 11) is 0. The molecule has 1 unspecified atom stereocenters. The number of aliphatic imine (C=N–C) groups is 1. The van der Waals surface area contributed by atoms with E-state index >= 15 is 0 Å². The van der Waals surface area contributed by atoms with Crippen molar-refractivity contribution in [2.75, 3.05) is 13.2 Å². The van der Waals surface area contributed by atoms with Crippen molar-refractivity contribution in [3.63, 3.8) is 0 Å². The van der Waals surface area contributed by atoms with Crippen molar-refractivity contribution in [2.24, 2.45) is 4.99 Å². The fourth-order valence-electron chi connectivity index (χ4n) is 2.41. The number of allylic oxidation sites excluding steroid dienone is 1. The van der Waals surface area contributed by atoms with E-state index in [2.05, 4.69) is 10.3 Å². The van der Waals surface area contributed by atoms with Crippen molar-refractivity contribution in [1.82, 2.24) is 5.32 Å². The van der Waals surface area contributed by atoms with Crippen LogP contribution in [-0.4, -0.2) is 30.3 Å². The van der Waals surface area contributed by atoms with E-state index in [0.717, 1.165) is 11.3 Å². The summed E-state index contributed by atoms with van der Waals surface area (Å²) in [4.78, 5) is 28.1. The number of esters is 1. The molecule has 1 atom stereocenters. The van der Waals surface area contributed by atoms with E-state index in [-0.39, 0.29) is 11.2 Å². The number of nitrogens with one attached hydrogen (secondary N) is 1. The molecule has 1 aliphatic rings. The lowest BCUT2D eigenvalue weighted by molar-refractivity contribution is -0.138. The fourth-order valence-corrected chi connectivity index (χ4v) is 3.70. The largest absolute Gasteiger partial charge is 0.494 e. The van der Waals surface area contributed by atoms with Gasteiger partial charge in [0.1, 0.15) is 5.75 Å². The summed E-state index contributed by atoms with van der Waals surface area (Å²) in [5.41, 5.74) is 1.94. The quantitative estimate of drug-likeness (QED) is 0.814. The number of benzene rings is 1. The molecule has 0 saturated heterocycles. The molecule has 0 saturated carbocycles. The van der Waals surface area contributed by atoms with Crippen LogP contribution in [0.2, 0.25) is 0 Å². The van der Waals surface area contributed by atoms with Crippen molar-refractivity contribution in [1.29, 1.82) is 0 Å². The van der Waals surface area contributed by atoms with Gasteiger partial charge in [0, 0.05) is 6.92 Å². The molecule has 1 aliphatic heterocycles. The van der Waals surface area contributed by atoms with E-state index in [4.69, 9.17) is 9.47 Å². The van der Waals surface area contributed by atoms with Gasteiger partial charge in [-0.05, 0) is 38.5 Å². The van der Waals surface area contributed by atoms with Gasteiger partial charge < -0.3 is 14.8 Å². The van der Waals surface area contributed by atoms with Gasteiger partial charge in [-0.3, -0.25) is 4.79 Å². The van der Waals surface area contributed by atoms with Crippen molar-refractivity contribution in [3.8, 4) is 5.75 Å². The number of hydrogen-bond acceptors (Lipinski definition) is 6. The molecule has 1 N–H and O–H groups in total. The van der Waals surface area contributed by atoms with Crippen LogP contribution in [0.3, 0.4) is 0 Å². The molecule has 7 heteroatoms. The van der Waals surface area contributed by atoms with Crippen molar-refractivity contribution in [2.45, 2.75) is 32.9 Å². The molecule has 6 nitrogen and oxygen atoms in total. The Morgan fingerprint density at radius 1 is 1.20 bits per heavy atom. The van der Waals surface area contributed by atoms with Crippen molar-refractivity contribution >= 4 is 28.8 Å². The Balaban J connectivity index is 2.39. The number of nitrogens with zero attached hydrogens (tertiary/aromatic N) is 1. The number of carbonyl (C=O) groups is 2. The molecule has 1 aromatic rings. The van der Waals surface area contributed by atoms with Crippen LogP contribution in [0.15, 0.2) is 40.5 Å². The number of carbonyl (C=O) groups excluding carboxylic acids is 2. The lowest BCUT2D eigenvalue weighted by atomic mass is 10.0. The van der Waals surface area contributed by atoms with Gasteiger partial charge in [-0.25, -0.2) is 9.79 Å². The average molecular weight is 362 g/mol. The topological polar surface area (TPSA) is 77.0 Å². The highest BCUT2D eigenvalue weighted by atomic mass is 32.2. The maximum Gasteiger partial charge on any atom is 0.337 e. The molecule has 1 amide bonds. The molecular formula is C18H22N2O4S. The van der Waals surface area contributed by atoms with Gasteiger partial charge in [-0.2, -0.15) is 0 Å². The molecule has 134 valence electrons. The zero-order valence-corrected chi connectivity index (χ0v) is 15.6. The van der Waals surface area contributed by atoms with Crippen LogP contribution in [0.5, 0.6) is 5.75 Å². The Morgan fingerprint density at radius 3 is 2.44 bits per heavy atom. The zero-order chi connectivity index (χ0) is 18.4. The Morgan fingerprint density at radius 2 is 1.88 bits per heavy atom. The molecule has 1 heterocycles. The maximum atomic E-state index is 12.4. The van der Waals surface area contributed by atoms with Gasteiger partial charge in [0.05, 0.1) is 29.7 Å². The second kappa shape index (κ2) is 8.71. The summed E-state index contributed by atoms with van der Waals surface area (Å²) >= 11 is 1.32. The first-order chi connectivity index (χ1) is 12.0. The van der Waals surface area contributed by atoms with E-state index in [1.165, 1.54) is 18.7 Å². The molecule has 0 fully saturated rings. The Labute approximate surface area is 151 Å². The highest BCUT2D eigenvalue weighted by molar-refractivity contribution is 8.14. The standard InChI is InChI=1S/C18H22N2O4S/c1-5-23-14-9-7-13(8-10-14)16-15(17(22)24-6-2)11(3)19-18(25-16)20-12(4)21/h7-10,16H,5-6H2,1-4H3,(H,19,20,21). The lowest BCUT2D eigenvalue weighted by Gasteiger charge is -2.25. The maximum absolute atomic E-state index is 12.4. The van der Waals surface area contributed by atoms with Crippen LogP contribution < -0.4 is 10.1 Å². The van der Waals surface area contributed by atoms with Crippen LogP contribution in [0.25, 0.3) is 0 Å². The third-order valence-corrected chi connectivity index (χ3v) is 4.58. The highest BCUT2D eigenvalue weighted by Gasteiger charge is 2.32. The number of amides is 1. The predicted octanol–water partition coefficient (Wildman–Crippen LogP) is 3.20. The van der Waals surface area contributed by atoms with Gasteiger partial charge in [-0.15, -0.1) is 0 Å². The summed E-state index contributed by atoms with van der Waals surface area (Å²) in [5, 5.41) is 2.86. The smallest absolute Gasteiger partial charge is 0.337 e. The third kappa shape index (κ3) is 4.85. The molecule has 0 aromatic heterocycles. The Bertz CT molecular complexity index is 710. The molecular weight excluding hydrogens is 340 g/mol. The second-order valence-corrected chi connectivity index (χ2v) is 6.41. The normalized spacial score (nSPS) is 17.0. The monoisotopic (exact) mass is 362 g/mol. The van der Waals surface area contributed by atoms with Gasteiger partial charge in [-0.1, -0.05) is 23.9 Å².